The van der Waals surface area contributed by atoms with E-state index in [1.54, 1.807) is 18.2 Å². The molecule has 1 heterocycles. The smallest absolute Gasteiger partial charge is 0.410 e. The maximum absolute atomic E-state index is 14.3. The molecule has 28 heavy (non-hydrogen) atoms. The van der Waals surface area contributed by atoms with E-state index < -0.39 is 33.4 Å². The Labute approximate surface area is 163 Å². The number of hydrogen-bond acceptors (Lipinski definition) is 6. The third-order valence-electron chi connectivity index (χ3n) is 3.40. The minimum absolute atomic E-state index is 0.124. The average molecular weight is 424 g/mol. The lowest BCUT2D eigenvalue weighted by Crippen LogP contribution is -2.31. The number of halogens is 2. The number of rotatable bonds is 4. The van der Waals surface area contributed by atoms with Gasteiger partial charge in [-0.05, 0) is 36.4 Å². The third kappa shape index (κ3) is 4.18. The summed E-state index contributed by atoms with van der Waals surface area (Å²) in [6.45, 7) is 0. The van der Waals surface area contributed by atoms with Crippen molar-refractivity contribution in [3.8, 4) is 5.75 Å². The van der Waals surface area contributed by atoms with Crippen molar-refractivity contribution in [1.82, 2.24) is 8.96 Å². The van der Waals surface area contributed by atoms with Crippen LogP contribution in [0.4, 0.5) is 15.0 Å². The maximum Gasteiger partial charge on any atom is 0.418 e. The van der Waals surface area contributed by atoms with E-state index in [4.69, 9.17) is 16.3 Å². The summed E-state index contributed by atoms with van der Waals surface area (Å²) in [5.41, 5.74) is -1.31. The van der Waals surface area contributed by atoms with Crippen molar-refractivity contribution in [2.75, 3.05) is 5.32 Å². The molecule has 1 aromatic heterocycles. The predicted octanol–water partition coefficient (Wildman–Crippen LogP) is 2.88. The average Bonchev–Trinajstić information content (AvgIpc) is 2.65. The van der Waals surface area contributed by atoms with Crippen LogP contribution >= 0.6 is 11.6 Å². The number of benzene rings is 2. The van der Waals surface area contributed by atoms with Gasteiger partial charge >= 0.3 is 11.8 Å². The molecule has 144 valence electrons. The van der Waals surface area contributed by atoms with Crippen LogP contribution in [-0.2, 0) is 10.0 Å². The summed E-state index contributed by atoms with van der Waals surface area (Å²) in [7, 11) is -4.40. The molecule has 0 aliphatic carbocycles. The molecule has 0 fully saturated rings. The quantitative estimate of drug-likeness (QED) is 0.691. The van der Waals surface area contributed by atoms with Crippen LogP contribution in [0.1, 0.15) is 0 Å². The van der Waals surface area contributed by atoms with E-state index >= 15 is 0 Å². The predicted molar refractivity (Wildman–Crippen MR) is 98.6 cm³/mol. The summed E-state index contributed by atoms with van der Waals surface area (Å²) in [6.07, 6.45) is -0.687. The molecule has 0 aliphatic heterocycles. The monoisotopic (exact) mass is 423 g/mol. The lowest BCUT2D eigenvalue weighted by Gasteiger charge is -2.10. The lowest BCUT2D eigenvalue weighted by molar-refractivity contribution is 0.215. The van der Waals surface area contributed by atoms with E-state index in [2.05, 4.69) is 4.98 Å². The molecule has 2 aromatic carbocycles. The Balaban J connectivity index is 1.88. The molecule has 3 rings (SSSR count). The van der Waals surface area contributed by atoms with Gasteiger partial charge in [0.25, 0.3) is 10.0 Å². The second kappa shape index (κ2) is 7.79. The van der Waals surface area contributed by atoms with Crippen molar-refractivity contribution in [2.45, 2.75) is 4.90 Å². The number of nitrogens with one attached hydrogen (secondary N) is 1. The van der Waals surface area contributed by atoms with E-state index in [0.29, 0.717) is 6.20 Å². The zero-order valence-electron chi connectivity index (χ0n) is 13.9. The first-order chi connectivity index (χ1) is 13.3. The molecule has 1 N–H and O–H groups in total. The molecular formula is C17H11ClFN3O5S. The van der Waals surface area contributed by atoms with Crippen LogP contribution in [0.2, 0.25) is 5.02 Å². The molecule has 3 aromatic rings. The molecule has 1 amide bonds. The number of hydrogen-bond donors (Lipinski definition) is 1. The van der Waals surface area contributed by atoms with Gasteiger partial charge < -0.3 is 4.74 Å². The standard InChI is InChI=1S/C17H11ClFN3O5S/c18-11-6-8-13(9-7-11)28(25,26)22-10-14(19)15(20-16(22)23)21-17(24)27-12-4-2-1-3-5-12/h1-10H,(H,20,21,23,24). The van der Waals surface area contributed by atoms with E-state index in [1.165, 1.54) is 24.3 Å². The number of ether oxygens (including phenoxy) is 1. The zero-order valence-corrected chi connectivity index (χ0v) is 15.4. The summed E-state index contributed by atoms with van der Waals surface area (Å²) in [6, 6.07) is 12.8. The molecule has 0 bridgehead atoms. The van der Waals surface area contributed by atoms with E-state index in [0.717, 1.165) is 12.1 Å². The lowest BCUT2D eigenvalue weighted by atomic mass is 10.3. The highest BCUT2D eigenvalue weighted by Crippen LogP contribution is 2.17. The topological polar surface area (TPSA) is 107 Å². The van der Waals surface area contributed by atoms with Crippen LogP contribution < -0.4 is 15.7 Å². The highest BCUT2D eigenvalue weighted by Gasteiger charge is 2.22. The first-order valence-corrected chi connectivity index (χ1v) is 9.43. The van der Waals surface area contributed by atoms with Crippen LogP contribution in [0, 0.1) is 5.82 Å². The molecule has 0 radical (unpaired) electrons. The number of para-hydroxylation sites is 1. The van der Waals surface area contributed by atoms with Gasteiger partial charge in [-0.3, -0.25) is 5.32 Å². The summed E-state index contributed by atoms with van der Waals surface area (Å²) >= 11 is 5.70. The minimum atomic E-state index is -4.40. The number of nitrogens with zero attached hydrogens (tertiary/aromatic N) is 2. The van der Waals surface area contributed by atoms with Crippen LogP contribution in [0.5, 0.6) is 5.75 Å². The molecule has 0 unspecified atom stereocenters. The Bertz CT molecular complexity index is 1180. The summed E-state index contributed by atoms with van der Waals surface area (Å²) < 4.78 is 44.3. The van der Waals surface area contributed by atoms with Gasteiger partial charge in [0, 0.05) is 5.02 Å². The zero-order chi connectivity index (χ0) is 20.3. The van der Waals surface area contributed by atoms with Gasteiger partial charge in [-0.1, -0.05) is 29.8 Å². The normalized spacial score (nSPS) is 11.1. The van der Waals surface area contributed by atoms with Gasteiger partial charge in [0.05, 0.1) is 11.1 Å². The Kier molecular flexibility index (Phi) is 5.43. The fourth-order valence-electron chi connectivity index (χ4n) is 2.12. The van der Waals surface area contributed by atoms with Gasteiger partial charge in [0.1, 0.15) is 5.75 Å². The molecular weight excluding hydrogens is 413 g/mol. The van der Waals surface area contributed by atoms with Gasteiger partial charge in [-0.25, -0.2) is 22.4 Å². The van der Waals surface area contributed by atoms with Gasteiger partial charge in [0.15, 0.2) is 11.6 Å². The molecule has 0 saturated heterocycles. The van der Waals surface area contributed by atoms with Crippen molar-refractivity contribution in [3.63, 3.8) is 0 Å². The van der Waals surface area contributed by atoms with Gasteiger partial charge in [0.2, 0.25) is 0 Å². The Morgan fingerprint density at radius 3 is 2.39 bits per heavy atom. The van der Waals surface area contributed by atoms with Crippen LogP contribution in [-0.4, -0.2) is 23.5 Å². The first kappa shape index (κ1) is 19.5. The van der Waals surface area contributed by atoms with Gasteiger partial charge in [-0.2, -0.15) is 8.96 Å². The Morgan fingerprint density at radius 1 is 1.11 bits per heavy atom. The van der Waals surface area contributed by atoms with Crippen molar-refractivity contribution in [2.24, 2.45) is 0 Å². The number of carbonyl (C=O) groups is 1. The number of anilines is 1. The van der Waals surface area contributed by atoms with Crippen LogP contribution in [0.3, 0.4) is 0 Å². The van der Waals surface area contributed by atoms with Crippen molar-refractivity contribution < 1.29 is 22.3 Å². The molecule has 0 saturated carbocycles. The van der Waals surface area contributed by atoms with E-state index in [1.807, 2.05) is 5.32 Å². The second-order valence-corrected chi connectivity index (χ2v) is 7.55. The molecule has 0 spiro atoms. The third-order valence-corrected chi connectivity index (χ3v) is 5.30. The highest BCUT2D eigenvalue weighted by molar-refractivity contribution is 7.90. The summed E-state index contributed by atoms with van der Waals surface area (Å²) in [4.78, 5) is 26.9. The molecule has 8 nitrogen and oxygen atoms in total. The largest absolute Gasteiger partial charge is 0.418 e. The van der Waals surface area contributed by atoms with Crippen molar-refractivity contribution in [1.29, 1.82) is 0 Å². The number of carbonyl (C=O) groups excluding carboxylic acids is 1. The van der Waals surface area contributed by atoms with Crippen molar-refractivity contribution >= 4 is 33.5 Å². The minimum Gasteiger partial charge on any atom is -0.410 e. The van der Waals surface area contributed by atoms with Crippen LogP contribution in [0.25, 0.3) is 0 Å². The van der Waals surface area contributed by atoms with Gasteiger partial charge in [-0.15, -0.1) is 0 Å². The maximum atomic E-state index is 14.3. The second-order valence-electron chi connectivity index (χ2n) is 5.30. The van der Waals surface area contributed by atoms with Crippen LogP contribution in [0.15, 0.2) is 70.5 Å². The summed E-state index contributed by atoms with van der Waals surface area (Å²) in [5, 5.41) is 2.24. The number of aromatic nitrogens is 2. The molecule has 0 atom stereocenters. The highest BCUT2D eigenvalue weighted by atomic mass is 35.5. The van der Waals surface area contributed by atoms with E-state index in [9.17, 15) is 22.4 Å². The number of amides is 1. The molecule has 11 heteroatoms. The molecule has 0 aliphatic rings. The Hall–Kier alpha value is -3.24. The SMILES string of the molecule is O=C(Nc1nc(=O)n(S(=O)(=O)c2ccc(Cl)cc2)cc1F)Oc1ccccc1. The Morgan fingerprint density at radius 2 is 1.75 bits per heavy atom. The van der Waals surface area contributed by atoms with Crippen molar-refractivity contribution in [3.05, 3.63) is 82.1 Å². The fraction of sp³-hybridized carbons (Fsp3) is 0. The first-order valence-electron chi connectivity index (χ1n) is 7.61. The fourth-order valence-corrected chi connectivity index (χ4v) is 3.43. The van der Waals surface area contributed by atoms with E-state index in [-0.39, 0.29) is 19.6 Å². The summed E-state index contributed by atoms with van der Waals surface area (Å²) in [5.74, 6) is -1.84.